The number of halogens is 4. The van der Waals surface area contributed by atoms with Crippen LogP contribution in [0.3, 0.4) is 0 Å². The Balaban J connectivity index is 1.41. The fourth-order valence-corrected chi connectivity index (χ4v) is 6.14. The highest BCUT2D eigenvalue weighted by atomic mass is 19.2. The monoisotopic (exact) mass is 630 g/mol. The highest BCUT2D eigenvalue weighted by Gasteiger charge is 2.32. The van der Waals surface area contributed by atoms with E-state index in [4.69, 9.17) is 9.47 Å². The Hall–Kier alpha value is -4.46. The lowest BCUT2D eigenvalue weighted by molar-refractivity contribution is 0.0979. The normalized spacial score (nSPS) is 12.7. The van der Waals surface area contributed by atoms with Gasteiger partial charge in [-0.05, 0) is 82.9 Å². The van der Waals surface area contributed by atoms with E-state index in [1.54, 1.807) is 12.1 Å². The lowest BCUT2D eigenvalue weighted by atomic mass is 9.81. The summed E-state index contributed by atoms with van der Waals surface area (Å²) in [6.07, 6.45) is 8.54. The van der Waals surface area contributed by atoms with Crippen LogP contribution < -0.4 is 9.47 Å². The van der Waals surface area contributed by atoms with Gasteiger partial charge in [0, 0.05) is 33.0 Å². The molecule has 0 saturated heterocycles. The molecule has 0 fully saturated rings. The van der Waals surface area contributed by atoms with Crippen molar-refractivity contribution < 1.29 is 36.6 Å². The topological polar surface area (TPSA) is 52.6 Å². The van der Waals surface area contributed by atoms with E-state index in [2.05, 4.69) is 13.8 Å². The summed E-state index contributed by atoms with van der Waals surface area (Å²) >= 11 is 0. The fraction of sp³-hybridized carbons (Fsp3) is 0.316. The smallest absolute Gasteiger partial charge is 0.198 e. The molecule has 238 valence electrons. The Morgan fingerprint density at radius 2 is 0.826 bits per heavy atom. The molecule has 0 bridgehead atoms. The summed E-state index contributed by atoms with van der Waals surface area (Å²) in [5.41, 5.74) is -0.221. The molecule has 0 heterocycles. The van der Waals surface area contributed by atoms with Crippen molar-refractivity contribution in [1.82, 2.24) is 0 Å². The summed E-state index contributed by atoms with van der Waals surface area (Å²) in [7, 11) is 0. The van der Waals surface area contributed by atoms with Crippen LogP contribution in [0.1, 0.15) is 97.1 Å². The molecule has 5 aromatic rings. The van der Waals surface area contributed by atoms with Crippen LogP contribution in [0.2, 0.25) is 0 Å². The Morgan fingerprint density at radius 1 is 0.457 bits per heavy atom. The Morgan fingerprint density at radius 3 is 1.22 bits per heavy atom. The second kappa shape index (κ2) is 13.1. The van der Waals surface area contributed by atoms with Crippen molar-refractivity contribution in [2.45, 2.75) is 65.2 Å². The van der Waals surface area contributed by atoms with Gasteiger partial charge in [-0.25, -0.2) is 17.6 Å². The molecule has 0 radical (unpaired) electrons. The number of hydrogen-bond donors (Lipinski definition) is 0. The number of unbranched alkanes of at least 4 members (excludes halogenated alkanes) is 6. The number of ketones is 2. The fourth-order valence-electron chi connectivity index (χ4n) is 6.14. The number of ether oxygens (including phenoxy) is 2. The maximum atomic E-state index is 14.6. The van der Waals surface area contributed by atoms with Gasteiger partial charge in [-0.3, -0.25) is 9.59 Å². The number of fused-ring (bicyclic) bond motifs is 5. The molecule has 5 aromatic carbocycles. The van der Waals surface area contributed by atoms with Crippen LogP contribution in [0, 0.1) is 23.3 Å². The summed E-state index contributed by atoms with van der Waals surface area (Å²) in [6, 6.07) is 12.7. The predicted octanol–water partition coefficient (Wildman–Crippen LogP) is 10.4. The van der Waals surface area contributed by atoms with Gasteiger partial charge in [-0.1, -0.05) is 52.4 Å². The largest absolute Gasteiger partial charge is 0.490 e. The van der Waals surface area contributed by atoms with E-state index in [1.165, 1.54) is 0 Å². The van der Waals surface area contributed by atoms with E-state index in [1.807, 2.05) is 24.3 Å². The van der Waals surface area contributed by atoms with Crippen molar-refractivity contribution in [3.05, 3.63) is 94.1 Å². The molecule has 0 aromatic heterocycles. The number of hydrogen-bond acceptors (Lipinski definition) is 4. The van der Waals surface area contributed by atoms with E-state index in [9.17, 15) is 27.2 Å². The molecule has 1 aliphatic rings. The first kappa shape index (κ1) is 31.5. The van der Waals surface area contributed by atoms with Crippen LogP contribution >= 0.6 is 0 Å². The van der Waals surface area contributed by atoms with Gasteiger partial charge in [0.25, 0.3) is 0 Å². The Bertz CT molecular complexity index is 1870. The molecule has 0 N–H and O–H groups in total. The third kappa shape index (κ3) is 5.70. The minimum atomic E-state index is -1.98. The summed E-state index contributed by atoms with van der Waals surface area (Å²) in [5.74, 6) is -7.12. The molecule has 0 aliphatic heterocycles. The SMILES string of the molecule is CCCCCCOc1cc2cc3cc4c(cc3cc2cc1OCCCCCC)C(=O)c1cc2c(F)c(F)c(F)c(F)c2cc1C4=O. The molecule has 0 amide bonds. The molecule has 1 aliphatic carbocycles. The maximum Gasteiger partial charge on any atom is 0.198 e. The van der Waals surface area contributed by atoms with Crippen molar-refractivity contribution in [2.75, 3.05) is 13.2 Å². The van der Waals surface area contributed by atoms with E-state index in [-0.39, 0.29) is 22.3 Å². The highest BCUT2D eigenvalue weighted by molar-refractivity contribution is 6.30. The van der Waals surface area contributed by atoms with Crippen LogP contribution in [0.5, 0.6) is 11.5 Å². The third-order valence-electron chi connectivity index (χ3n) is 8.69. The number of carbonyl (C=O) groups excluding carboxylic acids is 2. The van der Waals surface area contributed by atoms with Crippen LogP contribution in [-0.2, 0) is 0 Å². The minimum absolute atomic E-state index is 0.0894. The number of benzene rings is 5. The first-order valence-corrected chi connectivity index (χ1v) is 15.9. The van der Waals surface area contributed by atoms with Crippen molar-refractivity contribution in [1.29, 1.82) is 0 Å². The second-order valence-corrected chi connectivity index (χ2v) is 11.9. The van der Waals surface area contributed by atoms with Gasteiger partial charge >= 0.3 is 0 Å². The maximum absolute atomic E-state index is 14.6. The van der Waals surface area contributed by atoms with Crippen LogP contribution in [0.25, 0.3) is 32.3 Å². The van der Waals surface area contributed by atoms with Gasteiger partial charge < -0.3 is 9.47 Å². The standard InChI is InChI=1S/C38H34F4O4/c1-3-5-7-9-11-45-31-17-23-13-21-15-27-28(16-22(21)14-24(23)18-32(31)46-12-10-8-6-4-2)38(44)30-20-26-25(19-29(30)37(27)43)33(39)35(41)36(42)34(26)40/h13-20H,3-12H2,1-2H3. The average molecular weight is 631 g/mol. The molecule has 0 saturated carbocycles. The van der Waals surface area contributed by atoms with Crippen molar-refractivity contribution in [2.24, 2.45) is 0 Å². The van der Waals surface area contributed by atoms with Gasteiger partial charge in [-0.2, -0.15) is 0 Å². The zero-order valence-corrected chi connectivity index (χ0v) is 25.8. The molecule has 0 spiro atoms. The third-order valence-corrected chi connectivity index (χ3v) is 8.69. The number of rotatable bonds is 12. The van der Waals surface area contributed by atoms with Gasteiger partial charge in [0.15, 0.2) is 46.3 Å². The molecule has 0 atom stereocenters. The minimum Gasteiger partial charge on any atom is -0.490 e. The predicted molar refractivity (Wildman–Crippen MR) is 171 cm³/mol. The lowest BCUT2D eigenvalue weighted by Gasteiger charge is -2.20. The van der Waals surface area contributed by atoms with E-state index < -0.39 is 45.6 Å². The summed E-state index contributed by atoms with van der Waals surface area (Å²) in [5, 5.41) is 1.85. The summed E-state index contributed by atoms with van der Waals surface area (Å²) < 4.78 is 69.5. The van der Waals surface area contributed by atoms with Crippen LogP contribution in [-0.4, -0.2) is 24.8 Å². The zero-order chi connectivity index (χ0) is 32.5. The number of carbonyl (C=O) groups is 2. The van der Waals surface area contributed by atoms with Crippen molar-refractivity contribution in [3.8, 4) is 11.5 Å². The van der Waals surface area contributed by atoms with Crippen LogP contribution in [0.15, 0.2) is 48.5 Å². The van der Waals surface area contributed by atoms with Gasteiger partial charge in [0.1, 0.15) is 0 Å². The average Bonchev–Trinajstić information content (AvgIpc) is 3.06. The Kier molecular flexibility index (Phi) is 8.98. The summed E-state index contributed by atoms with van der Waals surface area (Å²) in [4.78, 5) is 27.3. The van der Waals surface area contributed by atoms with Gasteiger partial charge in [0.05, 0.1) is 13.2 Å². The van der Waals surface area contributed by atoms with E-state index in [0.29, 0.717) is 35.5 Å². The van der Waals surface area contributed by atoms with Crippen LogP contribution in [0.4, 0.5) is 17.6 Å². The summed E-state index contributed by atoms with van der Waals surface area (Å²) in [6.45, 7) is 5.43. The first-order chi connectivity index (χ1) is 22.2. The zero-order valence-electron chi connectivity index (χ0n) is 25.8. The molecule has 4 nitrogen and oxygen atoms in total. The van der Waals surface area contributed by atoms with Crippen molar-refractivity contribution in [3.63, 3.8) is 0 Å². The van der Waals surface area contributed by atoms with Gasteiger partial charge in [0.2, 0.25) is 0 Å². The molecule has 46 heavy (non-hydrogen) atoms. The molecular formula is C38H34F4O4. The highest BCUT2D eigenvalue weighted by Crippen LogP contribution is 2.39. The Labute approximate surface area is 264 Å². The quantitative estimate of drug-likeness (QED) is 0.0444. The van der Waals surface area contributed by atoms with Crippen molar-refractivity contribution >= 4 is 43.9 Å². The molecule has 8 heteroatoms. The van der Waals surface area contributed by atoms with Gasteiger partial charge in [-0.15, -0.1) is 0 Å². The molecule has 0 unspecified atom stereocenters. The van der Waals surface area contributed by atoms with E-state index >= 15 is 0 Å². The second-order valence-electron chi connectivity index (χ2n) is 11.9. The first-order valence-electron chi connectivity index (χ1n) is 15.9. The van der Waals surface area contributed by atoms with E-state index in [0.717, 1.165) is 74.3 Å². The lowest BCUT2D eigenvalue weighted by Crippen LogP contribution is -2.21. The molecular weight excluding hydrogens is 596 g/mol. The molecule has 6 rings (SSSR count).